The monoisotopic (exact) mass is 375 g/mol. The molecule has 1 N–H and O–H groups in total. The van der Waals surface area contributed by atoms with Crippen LogP contribution in [-0.2, 0) is 0 Å². The molecule has 4 rings (SSSR count). The normalized spacial score (nSPS) is 33.8. The zero-order valence-electron chi connectivity index (χ0n) is 15.0. The Morgan fingerprint density at radius 2 is 1.69 bits per heavy atom. The number of halogens is 3. The molecule has 4 aliphatic rings. The van der Waals surface area contributed by atoms with Crippen LogP contribution in [0.1, 0.15) is 44.9 Å². The third kappa shape index (κ3) is 3.81. The average Bonchev–Trinajstić information content (AvgIpc) is 3.27. The zero-order chi connectivity index (χ0) is 18.5. The van der Waals surface area contributed by atoms with E-state index in [0.29, 0.717) is 19.1 Å². The smallest absolute Gasteiger partial charge is 0.407 e. The topological polar surface area (TPSA) is 47.0 Å². The van der Waals surface area contributed by atoms with E-state index < -0.39 is 18.8 Å². The summed E-state index contributed by atoms with van der Waals surface area (Å²) in [5.74, 6) is 0. The summed E-state index contributed by atoms with van der Waals surface area (Å²) in [5, 5.41) is 9.12. The molecule has 8 heteroatoms. The first-order chi connectivity index (χ1) is 12.2. The molecule has 26 heavy (non-hydrogen) atoms. The molecule has 0 aromatic rings. The summed E-state index contributed by atoms with van der Waals surface area (Å²) in [7, 11) is 0. The maximum absolute atomic E-state index is 12.9. The fourth-order valence-corrected chi connectivity index (χ4v) is 5.38. The Hall–Kier alpha value is -1.02. The van der Waals surface area contributed by atoms with Gasteiger partial charge in [-0.1, -0.05) is 0 Å². The van der Waals surface area contributed by atoms with Crippen molar-refractivity contribution in [3.8, 4) is 0 Å². The number of amides is 1. The van der Waals surface area contributed by atoms with Crippen LogP contribution in [0.4, 0.5) is 18.0 Å². The third-order valence-electron chi connectivity index (χ3n) is 6.91. The molecule has 2 aliphatic carbocycles. The molecule has 148 valence electrons. The van der Waals surface area contributed by atoms with Gasteiger partial charge in [0, 0.05) is 31.2 Å². The molecule has 0 bridgehead atoms. The summed E-state index contributed by atoms with van der Waals surface area (Å²) in [6, 6.07) is 0.686. The summed E-state index contributed by atoms with van der Waals surface area (Å²) < 4.78 is 38.6. The molecule has 0 radical (unpaired) electrons. The van der Waals surface area contributed by atoms with Crippen LogP contribution in [0.15, 0.2) is 0 Å². The van der Waals surface area contributed by atoms with Crippen molar-refractivity contribution in [2.75, 3.05) is 32.7 Å². The third-order valence-corrected chi connectivity index (χ3v) is 6.91. The lowest BCUT2D eigenvalue weighted by atomic mass is 9.64. The first-order valence-corrected chi connectivity index (χ1v) is 9.79. The van der Waals surface area contributed by atoms with Gasteiger partial charge in [-0.15, -0.1) is 0 Å². The standard InChI is InChI=1S/C18H28F3N3O2/c19-18(20,21)12-24(13-1-2-13)14-3-6-22(7-4-14)15-9-17(10-15)5-8-23(11-17)16(25)26/h13-15H,1-12H2,(H,25,26). The molecule has 4 fully saturated rings. The number of rotatable bonds is 4. The summed E-state index contributed by atoms with van der Waals surface area (Å²) in [5.41, 5.74) is 0.163. The Bertz CT molecular complexity index is 538. The second-order valence-corrected chi connectivity index (χ2v) is 8.80. The van der Waals surface area contributed by atoms with Crippen LogP contribution in [0.3, 0.4) is 0 Å². The van der Waals surface area contributed by atoms with Gasteiger partial charge in [0.15, 0.2) is 0 Å². The van der Waals surface area contributed by atoms with E-state index >= 15 is 0 Å². The van der Waals surface area contributed by atoms with Gasteiger partial charge in [-0.3, -0.25) is 4.90 Å². The van der Waals surface area contributed by atoms with Crippen molar-refractivity contribution >= 4 is 6.09 Å². The molecule has 0 unspecified atom stereocenters. The first kappa shape index (κ1) is 18.3. The summed E-state index contributed by atoms with van der Waals surface area (Å²) >= 11 is 0. The quantitative estimate of drug-likeness (QED) is 0.821. The molecule has 0 aromatic carbocycles. The molecule has 0 aromatic heterocycles. The number of hydrogen-bond acceptors (Lipinski definition) is 3. The van der Waals surface area contributed by atoms with E-state index in [1.807, 2.05) is 0 Å². The van der Waals surface area contributed by atoms with Crippen LogP contribution in [-0.4, -0.2) is 82.9 Å². The maximum atomic E-state index is 12.9. The molecule has 2 saturated carbocycles. The van der Waals surface area contributed by atoms with Gasteiger partial charge in [-0.05, 0) is 63.5 Å². The fraction of sp³-hybridized carbons (Fsp3) is 0.944. The largest absolute Gasteiger partial charge is 0.465 e. The molecule has 1 spiro atoms. The number of carboxylic acid groups (broad SMARTS) is 1. The molecule has 2 aliphatic heterocycles. The van der Waals surface area contributed by atoms with E-state index in [2.05, 4.69) is 4.90 Å². The van der Waals surface area contributed by atoms with E-state index in [1.165, 1.54) is 4.90 Å². The van der Waals surface area contributed by atoms with Crippen molar-refractivity contribution in [3.63, 3.8) is 0 Å². The Morgan fingerprint density at radius 1 is 1.08 bits per heavy atom. The minimum absolute atomic E-state index is 0.0587. The van der Waals surface area contributed by atoms with Crippen LogP contribution < -0.4 is 0 Å². The molecule has 2 saturated heterocycles. The molecule has 2 heterocycles. The van der Waals surface area contributed by atoms with Gasteiger partial charge in [0.05, 0.1) is 6.54 Å². The van der Waals surface area contributed by atoms with Crippen LogP contribution in [0.2, 0.25) is 0 Å². The Labute approximate surface area is 152 Å². The van der Waals surface area contributed by atoms with Crippen molar-refractivity contribution < 1.29 is 23.1 Å². The summed E-state index contributed by atoms with van der Waals surface area (Å²) in [6.07, 6.45) is 1.53. The van der Waals surface area contributed by atoms with Crippen LogP contribution in [0.25, 0.3) is 0 Å². The average molecular weight is 375 g/mol. The van der Waals surface area contributed by atoms with E-state index in [4.69, 9.17) is 5.11 Å². The Morgan fingerprint density at radius 3 is 2.19 bits per heavy atom. The van der Waals surface area contributed by atoms with Crippen molar-refractivity contribution in [1.82, 2.24) is 14.7 Å². The summed E-state index contributed by atoms with van der Waals surface area (Å²) in [4.78, 5) is 16.8. The molecule has 1 amide bonds. The zero-order valence-corrected chi connectivity index (χ0v) is 15.0. The maximum Gasteiger partial charge on any atom is 0.407 e. The van der Waals surface area contributed by atoms with Crippen molar-refractivity contribution in [1.29, 1.82) is 0 Å². The molecule has 0 atom stereocenters. The predicted molar refractivity (Wildman–Crippen MR) is 90.0 cm³/mol. The highest BCUT2D eigenvalue weighted by Gasteiger charge is 2.51. The molecular weight excluding hydrogens is 347 g/mol. The molecular formula is C18H28F3N3O2. The van der Waals surface area contributed by atoms with Crippen LogP contribution in [0, 0.1) is 5.41 Å². The van der Waals surface area contributed by atoms with Crippen molar-refractivity contribution in [2.45, 2.75) is 69.2 Å². The highest BCUT2D eigenvalue weighted by atomic mass is 19.4. The Kier molecular flexibility index (Phi) is 4.62. The van der Waals surface area contributed by atoms with Crippen LogP contribution in [0.5, 0.6) is 0 Å². The van der Waals surface area contributed by atoms with Gasteiger partial charge in [-0.2, -0.15) is 13.2 Å². The number of alkyl halides is 3. The SMILES string of the molecule is O=C(O)N1CCC2(CC(N3CCC(N(CC(F)(F)F)C4CC4)CC3)C2)C1. The van der Waals surface area contributed by atoms with Gasteiger partial charge < -0.3 is 14.9 Å². The van der Waals surface area contributed by atoms with Gasteiger partial charge >= 0.3 is 12.3 Å². The predicted octanol–water partition coefficient (Wildman–Crippen LogP) is 3.01. The molecule has 5 nitrogen and oxygen atoms in total. The van der Waals surface area contributed by atoms with Gasteiger partial charge in [-0.25, -0.2) is 4.79 Å². The van der Waals surface area contributed by atoms with Crippen LogP contribution >= 0.6 is 0 Å². The Balaban J connectivity index is 1.25. The lowest BCUT2D eigenvalue weighted by Gasteiger charge is -2.52. The van der Waals surface area contributed by atoms with E-state index in [-0.39, 0.29) is 17.5 Å². The highest BCUT2D eigenvalue weighted by molar-refractivity contribution is 5.65. The van der Waals surface area contributed by atoms with Crippen molar-refractivity contribution in [2.24, 2.45) is 5.41 Å². The summed E-state index contributed by atoms with van der Waals surface area (Å²) in [6.45, 7) is 2.26. The van der Waals surface area contributed by atoms with Gasteiger partial charge in [0.1, 0.15) is 0 Å². The lowest BCUT2D eigenvalue weighted by molar-refractivity contribution is -0.155. The number of likely N-dealkylation sites (tertiary alicyclic amines) is 2. The van der Waals surface area contributed by atoms with Gasteiger partial charge in [0.2, 0.25) is 0 Å². The minimum atomic E-state index is -4.11. The number of hydrogen-bond donors (Lipinski definition) is 1. The van der Waals surface area contributed by atoms with E-state index in [1.54, 1.807) is 4.90 Å². The first-order valence-electron chi connectivity index (χ1n) is 9.79. The minimum Gasteiger partial charge on any atom is -0.465 e. The number of piperidine rings is 1. The fourth-order valence-electron chi connectivity index (χ4n) is 5.38. The van der Waals surface area contributed by atoms with E-state index in [0.717, 1.165) is 58.0 Å². The second-order valence-electron chi connectivity index (χ2n) is 8.80. The highest BCUT2D eigenvalue weighted by Crippen LogP contribution is 2.50. The second kappa shape index (κ2) is 6.55. The number of carbonyl (C=O) groups is 1. The van der Waals surface area contributed by atoms with Crippen molar-refractivity contribution in [3.05, 3.63) is 0 Å². The van der Waals surface area contributed by atoms with E-state index in [9.17, 15) is 18.0 Å². The number of nitrogens with zero attached hydrogens (tertiary/aromatic N) is 3. The lowest BCUT2D eigenvalue weighted by Crippen LogP contribution is -2.56. The van der Waals surface area contributed by atoms with Gasteiger partial charge in [0.25, 0.3) is 0 Å².